The number of nitrogens with zero attached hydrogens (tertiary/aromatic N) is 1. The van der Waals surface area contributed by atoms with Crippen molar-refractivity contribution in [2.45, 2.75) is 31.8 Å². The summed E-state index contributed by atoms with van der Waals surface area (Å²) in [5, 5.41) is 1.53. The predicted molar refractivity (Wildman–Crippen MR) is 77.9 cm³/mol. The van der Waals surface area contributed by atoms with Gasteiger partial charge in [0.05, 0.1) is 12.2 Å². The summed E-state index contributed by atoms with van der Waals surface area (Å²) in [5.74, 6) is 0.463. The first-order valence-electron chi connectivity index (χ1n) is 7.12. The molecule has 0 saturated heterocycles. The van der Waals surface area contributed by atoms with Gasteiger partial charge in [-0.3, -0.25) is 5.01 Å². The Bertz CT molecular complexity index is 588. The van der Waals surface area contributed by atoms with E-state index < -0.39 is 11.5 Å². The van der Waals surface area contributed by atoms with Gasteiger partial charge in [0.2, 0.25) is 0 Å². The van der Waals surface area contributed by atoms with Crippen molar-refractivity contribution in [2.75, 3.05) is 6.61 Å². The first-order chi connectivity index (χ1) is 10.6. The maximum Gasteiger partial charge on any atom is 0.351 e. The molecule has 1 aromatic rings. The van der Waals surface area contributed by atoms with E-state index in [9.17, 15) is 4.79 Å². The van der Waals surface area contributed by atoms with Gasteiger partial charge >= 0.3 is 5.97 Å². The number of hydroxylamine groups is 1. The fraction of sp³-hybridized carbons (Fsp3) is 0.400. The third kappa shape index (κ3) is 2.86. The van der Waals surface area contributed by atoms with Gasteiger partial charge in [-0.25, -0.2) is 4.79 Å². The molecule has 0 aromatic heterocycles. The minimum absolute atomic E-state index is 0.0759. The van der Waals surface area contributed by atoms with Crippen molar-refractivity contribution in [1.82, 2.24) is 16.1 Å². The molecule has 2 aliphatic rings. The van der Waals surface area contributed by atoms with Crippen LogP contribution < -0.4 is 15.8 Å². The van der Waals surface area contributed by atoms with E-state index in [0.717, 1.165) is 17.7 Å². The number of carbonyl (C=O) groups excluding carboxylic acids is 1. The second-order valence-electron chi connectivity index (χ2n) is 5.75. The van der Waals surface area contributed by atoms with Crippen LogP contribution in [0.15, 0.2) is 36.7 Å². The first kappa shape index (κ1) is 14.7. The van der Waals surface area contributed by atoms with Crippen LogP contribution in [0.4, 0.5) is 0 Å². The number of ether oxygens (including phenoxy) is 1. The van der Waals surface area contributed by atoms with Crippen molar-refractivity contribution in [3.8, 4) is 5.75 Å². The Kier molecular flexibility index (Phi) is 3.91. The first-order valence-corrected chi connectivity index (χ1v) is 7.12. The lowest BCUT2D eigenvalue weighted by Gasteiger charge is -2.32. The smallest absolute Gasteiger partial charge is 0.351 e. The molecule has 22 heavy (non-hydrogen) atoms. The average molecular weight is 305 g/mol. The summed E-state index contributed by atoms with van der Waals surface area (Å²) in [7, 11) is 0. The number of carbonyl (C=O) groups is 1. The van der Waals surface area contributed by atoms with E-state index in [1.165, 1.54) is 11.3 Å². The van der Waals surface area contributed by atoms with Crippen molar-refractivity contribution in [2.24, 2.45) is 0 Å². The van der Waals surface area contributed by atoms with Crippen LogP contribution in [-0.2, 0) is 20.9 Å². The van der Waals surface area contributed by atoms with Crippen LogP contribution >= 0.6 is 0 Å². The van der Waals surface area contributed by atoms with Gasteiger partial charge in [-0.2, -0.15) is 0 Å². The number of nitrogens with one attached hydrogen (secondary N) is 2. The summed E-state index contributed by atoms with van der Waals surface area (Å²) < 4.78 is 5.65. The standard InChI is InChI=1S/C15H19N3O4/c1-15(2,18-7-8-21-17-18)14(19)22-16-12-9-11-5-3-4-6-13(11)20-10-12/h3-8,12,16-17H,9-10H2,1-2H3. The highest BCUT2D eigenvalue weighted by Gasteiger charge is 2.37. The summed E-state index contributed by atoms with van der Waals surface area (Å²) in [6, 6.07) is 7.77. The van der Waals surface area contributed by atoms with Crippen LogP contribution in [0.3, 0.4) is 0 Å². The lowest BCUT2D eigenvalue weighted by molar-refractivity contribution is -0.170. The molecule has 2 heterocycles. The molecule has 0 amide bonds. The number of hydrazine groups is 1. The highest BCUT2D eigenvalue weighted by atomic mass is 16.7. The van der Waals surface area contributed by atoms with Gasteiger partial charge in [-0.15, -0.1) is 5.48 Å². The molecule has 1 atom stereocenters. The molecular weight excluding hydrogens is 286 g/mol. The molecule has 0 bridgehead atoms. The van der Waals surface area contributed by atoms with Gasteiger partial charge in [0.15, 0.2) is 5.54 Å². The van der Waals surface area contributed by atoms with E-state index in [0.29, 0.717) is 6.61 Å². The van der Waals surface area contributed by atoms with Crippen LogP contribution in [0, 0.1) is 0 Å². The Labute approximate surface area is 128 Å². The number of fused-ring (bicyclic) bond motifs is 1. The Morgan fingerprint density at radius 1 is 1.45 bits per heavy atom. The minimum Gasteiger partial charge on any atom is -0.492 e. The lowest BCUT2D eigenvalue weighted by atomic mass is 10.0. The number of para-hydroxylation sites is 1. The van der Waals surface area contributed by atoms with Gasteiger partial charge < -0.3 is 14.4 Å². The largest absolute Gasteiger partial charge is 0.492 e. The quantitative estimate of drug-likeness (QED) is 0.805. The maximum atomic E-state index is 12.2. The van der Waals surface area contributed by atoms with Crippen molar-refractivity contribution in [1.29, 1.82) is 0 Å². The second-order valence-corrected chi connectivity index (χ2v) is 5.75. The Morgan fingerprint density at radius 3 is 3.05 bits per heavy atom. The van der Waals surface area contributed by atoms with E-state index in [1.807, 2.05) is 24.3 Å². The molecule has 118 valence electrons. The number of hydrogen-bond donors (Lipinski definition) is 2. The van der Waals surface area contributed by atoms with Crippen LogP contribution in [-0.4, -0.2) is 29.2 Å². The highest BCUT2D eigenvalue weighted by molar-refractivity contribution is 5.79. The summed E-state index contributed by atoms with van der Waals surface area (Å²) in [4.78, 5) is 22.4. The predicted octanol–water partition coefficient (Wildman–Crippen LogP) is 1.04. The van der Waals surface area contributed by atoms with Gasteiger partial charge in [0, 0.05) is 0 Å². The summed E-state index contributed by atoms with van der Waals surface area (Å²) in [5.41, 5.74) is 5.58. The van der Waals surface area contributed by atoms with Crippen molar-refractivity contribution in [3.63, 3.8) is 0 Å². The normalized spacial score (nSPS) is 20.1. The number of rotatable bonds is 4. The molecule has 1 unspecified atom stereocenters. The molecule has 7 nitrogen and oxygen atoms in total. The van der Waals surface area contributed by atoms with E-state index in [-0.39, 0.29) is 6.04 Å². The highest BCUT2D eigenvalue weighted by Crippen LogP contribution is 2.24. The number of benzene rings is 1. The van der Waals surface area contributed by atoms with Gasteiger partial charge in [-0.1, -0.05) is 23.8 Å². The summed E-state index contributed by atoms with van der Waals surface area (Å²) >= 11 is 0. The third-order valence-electron chi connectivity index (χ3n) is 3.73. The molecule has 1 aromatic carbocycles. The summed E-state index contributed by atoms with van der Waals surface area (Å²) in [6.07, 6.45) is 3.82. The van der Waals surface area contributed by atoms with Crippen molar-refractivity contribution in [3.05, 3.63) is 42.3 Å². The zero-order valence-electron chi connectivity index (χ0n) is 12.5. The van der Waals surface area contributed by atoms with E-state index >= 15 is 0 Å². The molecule has 0 radical (unpaired) electrons. The molecular formula is C15H19N3O4. The monoisotopic (exact) mass is 305 g/mol. The van der Waals surface area contributed by atoms with Crippen LogP contribution in [0.25, 0.3) is 0 Å². The minimum atomic E-state index is -0.909. The molecule has 0 aliphatic carbocycles. The molecule has 0 spiro atoms. The van der Waals surface area contributed by atoms with Crippen molar-refractivity contribution < 1.29 is 19.2 Å². The fourth-order valence-electron chi connectivity index (χ4n) is 2.27. The molecule has 2 N–H and O–H groups in total. The molecule has 0 saturated carbocycles. The Balaban J connectivity index is 1.55. The Morgan fingerprint density at radius 2 is 2.27 bits per heavy atom. The van der Waals surface area contributed by atoms with Crippen LogP contribution in [0.2, 0.25) is 0 Å². The lowest BCUT2D eigenvalue weighted by Crippen LogP contribution is -2.54. The van der Waals surface area contributed by atoms with Gasteiger partial charge in [0.1, 0.15) is 18.6 Å². The topological polar surface area (TPSA) is 72.1 Å². The fourth-order valence-corrected chi connectivity index (χ4v) is 2.27. The van der Waals surface area contributed by atoms with Crippen molar-refractivity contribution >= 4 is 5.97 Å². The zero-order valence-corrected chi connectivity index (χ0v) is 12.5. The molecule has 3 rings (SSSR count). The Hall–Kier alpha value is -2.25. The second kappa shape index (κ2) is 5.86. The summed E-state index contributed by atoms with van der Waals surface area (Å²) in [6.45, 7) is 3.92. The average Bonchev–Trinajstić information content (AvgIpc) is 3.07. The SMILES string of the molecule is CC(C)(C(=O)ONC1COc2ccccc2C1)N1C=CON1. The zero-order chi connectivity index (χ0) is 15.6. The maximum absolute atomic E-state index is 12.2. The van der Waals surface area contributed by atoms with Crippen LogP contribution in [0.1, 0.15) is 19.4 Å². The van der Waals surface area contributed by atoms with E-state index in [2.05, 4.69) is 11.1 Å². The third-order valence-corrected chi connectivity index (χ3v) is 3.73. The van der Waals surface area contributed by atoms with Gasteiger partial charge in [-0.05, 0) is 31.9 Å². The molecule has 7 heteroatoms. The molecule has 2 aliphatic heterocycles. The molecule has 0 fully saturated rings. The van der Waals surface area contributed by atoms with E-state index in [4.69, 9.17) is 14.4 Å². The van der Waals surface area contributed by atoms with Crippen LogP contribution in [0.5, 0.6) is 5.75 Å². The number of hydrogen-bond acceptors (Lipinski definition) is 7. The van der Waals surface area contributed by atoms with Gasteiger partial charge in [0.25, 0.3) is 0 Å². The van der Waals surface area contributed by atoms with E-state index in [1.54, 1.807) is 20.0 Å².